The second-order valence-electron chi connectivity index (χ2n) is 6.54. The van der Waals surface area contributed by atoms with Gasteiger partial charge in [0.25, 0.3) is 15.9 Å². The van der Waals surface area contributed by atoms with Crippen LogP contribution in [0.15, 0.2) is 41.4 Å². The number of amides is 1. The highest BCUT2D eigenvalue weighted by Gasteiger charge is 2.17. The Morgan fingerprint density at radius 2 is 1.69 bits per heavy atom. The summed E-state index contributed by atoms with van der Waals surface area (Å²) >= 11 is 0. The summed E-state index contributed by atoms with van der Waals surface area (Å²) in [6, 6.07) is 7.61. The van der Waals surface area contributed by atoms with Gasteiger partial charge in [-0.05, 0) is 58.0 Å². The van der Waals surface area contributed by atoms with Gasteiger partial charge in [-0.2, -0.15) is 5.10 Å². The number of nitrogens with one attached hydrogen (secondary N) is 2. The van der Waals surface area contributed by atoms with Crippen molar-refractivity contribution in [3.63, 3.8) is 0 Å². The molecule has 0 atom stereocenters. The Morgan fingerprint density at radius 1 is 1.07 bits per heavy atom. The number of hydrogen-bond donors (Lipinski definition) is 2. The van der Waals surface area contributed by atoms with Crippen molar-refractivity contribution in [2.45, 2.75) is 39.1 Å². The first kappa shape index (κ1) is 20.5. The van der Waals surface area contributed by atoms with E-state index >= 15 is 0 Å². The van der Waals surface area contributed by atoms with E-state index in [4.69, 9.17) is 0 Å². The molecular formula is C19H22N6O3S. The van der Waals surface area contributed by atoms with Gasteiger partial charge in [0, 0.05) is 29.8 Å². The van der Waals surface area contributed by atoms with Crippen LogP contribution in [0.5, 0.6) is 0 Å². The number of rotatable bonds is 6. The smallest absolute Gasteiger partial charge is 0.264 e. The number of carbonyl (C=O) groups is 1. The van der Waals surface area contributed by atoms with E-state index in [2.05, 4.69) is 25.1 Å². The molecule has 0 fully saturated rings. The average Bonchev–Trinajstić information content (AvgIpc) is 3.02. The number of sulfonamides is 1. The summed E-state index contributed by atoms with van der Waals surface area (Å²) in [6.07, 6.45) is 1.68. The van der Waals surface area contributed by atoms with Gasteiger partial charge in [-0.1, -0.05) is 0 Å². The zero-order valence-corrected chi connectivity index (χ0v) is 17.4. The van der Waals surface area contributed by atoms with E-state index in [-0.39, 0.29) is 16.8 Å². The normalized spacial score (nSPS) is 11.3. The molecule has 0 radical (unpaired) electrons. The van der Waals surface area contributed by atoms with E-state index in [0.717, 1.165) is 0 Å². The van der Waals surface area contributed by atoms with Gasteiger partial charge >= 0.3 is 0 Å². The summed E-state index contributed by atoms with van der Waals surface area (Å²) in [6.45, 7) is 7.88. The standard InChI is InChI=1S/C19H22N6O3S/c1-5-25-11-17(14(4)23-25)18(26)22-15-6-8-16(9-7-15)29(27,28)24-19-20-12(2)10-13(3)21-19/h6-11H,5H2,1-4H3,(H,22,26)(H,20,21,24). The first-order valence-corrected chi connectivity index (χ1v) is 10.5. The molecule has 9 nitrogen and oxygen atoms in total. The van der Waals surface area contributed by atoms with Crippen LogP contribution in [0.3, 0.4) is 0 Å². The molecule has 10 heteroatoms. The minimum Gasteiger partial charge on any atom is -0.322 e. The van der Waals surface area contributed by atoms with Crippen molar-refractivity contribution in [3.05, 3.63) is 59.2 Å². The van der Waals surface area contributed by atoms with Crippen molar-refractivity contribution in [3.8, 4) is 0 Å². The highest BCUT2D eigenvalue weighted by molar-refractivity contribution is 7.92. The van der Waals surface area contributed by atoms with Crippen LogP contribution in [0.2, 0.25) is 0 Å². The molecule has 3 aromatic rings. The predicted molar refractivity (Wildman–Crippen MR) is 109 cm³/mol. The number of anilines is 2. The summed E-state index contributed by atoms with van der Waals surface area (Å²) in [5, 5.41) is 6.99. The quantitative estimate of drug-likeness (QED) is 0.640. The average molecular weight is 414 g/mol. The molecule has 1 amide bonds. The monoisotopic (exact) mass is 414 g/mol. The van der Waals surface area contributed by atoms with Crippen molar-refractivity contribution in [1.82, 2.24) is 19.7 Å². The molecule has 152 valence electrons. The summed E-state index contributed by atoms with van der Waals surface area (Å²) in [5.41, 5.74) is 2.89. The number of carbonyl (C=O) groups excluding carboxylic acids is 1. The molecule has 2 aromatic heterocycles. The Hall–Kier alpha value is -3.27. The Labute approximate surface area is 169 Å². The van der Waals surface area contributed by atoms with Crippen LogP contribution in [0.1, 0.15) is 34.4 Å². The lowest BCUT2D eigenvalue weighted by Gasteiger charge is -2.09. The van der Waals surface area contributed by atoms with Gasteiger partial charge < -0.3 is 5.32 Å². The largest absolute Gasteiger partial charge is 0.322 e. The third-order valence-electron chi connectivity index (χ3n) is 4.15. The van der Waals surface area contributed by atoms with E-state index < -0.39 is 10.0 Å². The van der Waals surface area contributed by atoms with Crippen LogP contribution in [-0.4, -0.2) is 34.1 Å². The number of nitrogens with zero attached hydrogens (tertiary/aromatic N) is 4. The number of hydrogen-bond acceptors (Lipinski definition) is 6. The molecule has 0 bridgehead atoms. The molecule has 0 saturated carbocycles. The minimum absolute atomic E-state index is 0.0169. The second-order valence-corrected chi connectivity index (χ2v) is 8.22. The van der Waals surface area contributed by atoms with Gasteiger partial charge in [0.2, 0.25) is 5.95 Å². The van der Waals surface area contributed by atoms with Crippen LogP contribution in [0.25, 0.3) is 0 Å². The number of aromatic nitrogens is 4. The SMILES string of the molecule is CCn1cc(C(=O)Nc2ccc(S(=O)(=O)Nc3nc(C)cc(C)n3)cc2)c(C)n1. The van der Waals surface area contributed by atoms with Crippen LogP contribution < -0.4 is 10.0 Å². The van der Waals surface area contributed by atoms with E-state index in [0.29, 0.717) is 34.9 Å². The fourth-order valence-electron chi connectivity index (χ4n) is 2.77. The van der Waals surface area contributed by atoms with Crippen LogP contribution >= 0.6 is 0 Å². The van der Waals surface area contributed by atoms with Crippen molar-refractivity contribution in [1.29, 1.82) is 0 Å². The Kier molecular flexibility index (Phi) is 5.64. The Bertz CT molecular complexity index is 1130. The molecule has 0 aliphatic heterocycles. The molecule has 3 rings (SSSR count). The highest BCUT2D eigenvalue weighted by atomic mass is 32.2. The molecule has 0 spiro atoms. The molecule has 0 unspecified atom stereocenters. The molecule has 29 heavy (non-hydrogen) atoms. The first-order chi connectivity index (χ1) is 13.7. The summed E-state index contributed by atoms with van der Waals surface area (Å²) in [5.74, 6) is -0.289. The maximum Gasteiger partial charge on any atom is 0.264 e. The molecule has 0 saturated heterocycles. The summed E-state index contributed by atoms with van der Waals surface area (Å²) < 4.78 is 29.2. The topological polar surface area (TPSA) is 119 Å². The Morgan fingerprint density at radius 3 is 2.24 bits per heavy atom. The van der Waals surface area contributed by atoms with E-state index in [1.54, 1.807) is 37.7 Å². The van der Waals surface area contributed by atoms with Gasteiger partial charge in [-0.15, -0.1) is 0 Å². The molecule has 1 aromatic carbocycles. The van der Waals surface area contributed by atoms with Gasteiger partial charge in [-0.3, -0.25) is 9.48 Å². The van der Waals surface area contributed by atoms with Crippen LogP contribution in [0.4, 0.5) is 11.6 Å². The molecule has 0 aliphatic rings. The summed E-state index contributed by atoms with van der Waals surface area (Å²) in [4.78, 5) is 20.6. The van der Waals surface area contributed by atoms with Crippen molar-refractivity contribution in [2.75, 3.05) is 10.0 Å². The Balaban J connectivity index is 1.75. The third-order valence-corrected chi connectivity index (χ3v) is 5.49. The van der Waals surface area contributed by atoms with Gasteiger partial charge in [0.15, 0.2) is 0 Å². The van der Waals surface area contributed by atoms with E-state index in [9.17, 15) is 13.2 Å². The van der Waals surface area contributed by atoms with E-state index in [1.165, 1.54) is 24.3 Å². The molecule has 2 heterocycles. The maximum atomic E-state index is 12.6. The fourth-order valence-corrected chi connectivity index (χ4v) is 3.71. The lowest BCUT2D eigenvalue weighted by Crippen LogP contribution is -2.16. The molecule has 0 aliphatic carbocycles. The van der Waals surface area contributed by atoms with Crippen LogP contribution in [-0.2, 0) is 16.6 Å². The lowest BCUT2D eigenvalue weighted by molar-refractivity contribution is 0.102. The predicted octanol–water partition coefficient (Wildman–Crippen LogP) is 2.67. The maximum absolute atomic E-state index is 12.6. The van der Waals surface area contributed by atoms with Gasteiger partial charge in [0.1, 0.15) is 0 Å². The molecular weight excluding hydrogens is 392 g/mol. The zero-order valence-electron chi connectivity index (χ0n) is 16.6. The number of aryl methyl sites for hydroxylation is 4. The third kappa shape index (κ3) is 4.77. The zero-order chi connectivity index (χ0) is 21.2. The van der Waals surface area contributed by atoms with Crippen molar-refractivity contribution < 1.29 is 13.2 Å². The van der Waals surface area contributed by atoms with E-state index in [1.807, 2.05) is 6.92 Å². The second kappa shape index (κ2) is 8.00. The van der Waals surface area contributed by atoms with Crippen LogP contribution in [0, 0.1) is 20.8 Å². The fraction of sp³-hybridized carbons (Fsp3) is 0.263. The van der Waals surface area contributed by atoms with Crippen molar-refractivity contribution in [2.24, 2.45) is 0 Å². The van der Waals surface area contributed by atoms with Crippen molar-refractivity contribution >= 4 is 27.6 Å². The summed E-state index contributed by atoms with van der Waals surface area (Å²) in [7, 11) is -3.85. The van der Waals surface area contributed by atoms with Gasteiger partial charge in [-0.25, -0.2) is 23.1 Å². The van der Waals surface area contributed by atoms with Gasteiger partial charge in [0.05, 0.1) is 16.2 Å². The highest BCUT2D eigenvalue weighted by Crippen LogP contribution is 2.18. The lowest BCUT2D eigenvalue weighted by atomic mass is 10.2. The first-order valence-electron chi connectivity index (χ1n) is 8.98. The number of benzene rings is 1. The molecule has 2 N–H and O–H groups in total. The minimum atomic E-state index is -3.85.